The van der Waals surface area contributed by atoms with Gasteiger partial charge in [-0.2, -0.15) is 0 Å². The number of nitrogens with zero attached hydrogens (tertiary/aromatic N) is 1. The number of aryl methyl sites for hydroxylation is 1. The fraction of sp³-hybridized carbons (Fsp3) is 0.667. The number of rotatable bonds is 9. The zero-order valence-electron chi connectivity index (χ0n) is 11.6. The maximum Gasteiger partial charge on any atom is 0.303 e. The van der Waals surface area contributed by atoms with E-state index in [9.17, 15) is 13.2 Å². The van der Waals surface area contributed by atoms with Crippen molar-refractivity contribution in [2.75, 3.05) is 6.54 Å². The van der Waals surface area contributed by atoms with Gasteiger partial charge < -0.3 is 5.11 Å². The predicted octanol–water partition coefficient (Wildman–Crippen LogP) is 2.01. The van der Waals surface area contributed by atoms with Gasteiger partial charge in [0, 0.05) is 13.0 Å². The van der Waals surface area contributed by atoms with Gasteiger partial charge in [-0.05, 0) is 25.7 Å². The molecule has 1 aromatic rings. The molecule has 0 saturated carbocycles. The molecule has 0 radical (unpaired) electrons. The first-order chi connectivity index (χ1) is 9.35. The molecule has 114 valence electrons. The van der Waals surface area contributed by atoms with Crippen molar-refractivity contribution in [1.82, 2.24) is 9.71 Å². The van der Waals surface area contributed by atoms with Gasteiger partial charge in [0.1, 0.15) is 0 Å². The van der Waals surface area contributed by atoms with Crippen LogP contribution in [-0.4, -0.2) is 31.0 Å². The average Bonchev–Trinajstić information content (AvgIpc) is 2.80. The Bertz CT molecular complexity index is 539. The van der Waals surface area contributed by atoms with Crippen molar-refractivity contribution < 1.29 is 18.3 Å². The van der Waals surface area contributed by atoms with E-state index in [1.54, 1.807) is 6.92 Å². The quantitative estimate of drug-likeness (QED) is 0.725. The summed E-state index contributed by atoms with van der Waals surface area (Å²) in [4.78, 5) is 14.4. The lowest BCUT2D eigenvalue weighted by Gasteiger charge is -2.13. The first-order valence-corrected chi connectivity index (χ1v) is 8.79. The largest absolute Gasteiger partial charge is 0.481 e. The molecule has 0 aromatic carbocycles. The summed E-state index contributed by atoms with van der Waals surface area (Å²) in [6.07, 6.45) is 3.53. The molecule has 1 atom stereocenters. The molecule has 20 heavy (non-hydrogen) atoms. The van der Waals surface area contributed by atoms with Gasteiger partial charge in [0.2, 0.25) is 0 Å². The van der Waals surface area contributed by atoms with E-state index in [2.05, 4.69) is 9.71 Å². The van der Waals surface area contributed by atoms with Crippen molar-refractivity contribution in [3.05, 3.63) is 11.2 Å². The molecule has 0 amide bonds. The zero-order valence-corrected chi connectivity index (χ0v) is 13.3. The number of carbonyl (C=O) groups is 1. The van der Waals surface area contributed by atoms with Crippen LogP contribution in [0.3, 0.4) is 0 Å². The average molecular weight is 320 g/mol. The number of aliphatic carboxylic acids is 1. The molecule has 6 nitrogen and oxygen atoms in total. The minimum Gasteiger partial charge on any atom is -0.481 e. The monoisotopic (exact) mass is 320 g/mol. The molecule has 1 unspecified atom stereocenters. The number of hydrogen-bond donors (Lipinski definition) is 2. The van der Waals surface area contributed by atoms with Gasteiger partial charge in [-0.25, -0.2) is 18.1 Å². The molecular formula is C12H20N2O4S2. The summed E-state index contributed by atoms with van der Waals surface area (Å²) < 4.78 is 26.6. The van der Waals surface area contributed by atoms with Gasteiger partial charge in [-0.15, -0.1) is 11.3 Å². The van der Waals surface area contributed by atoms with E-state index in [0.717, 1.165) is 17.8 Å². The number of carboxylic acids is 1. The third kappa shape index (κ3) is 5.56. The number of aromatic nitrogens is 1. The van der Waals surface area contributed by atoms with Crippen LogP contribution >= 0.6 is 11.3 Å². The van der Waals surface area contributed by atoms with Gasteiger partial charge >= 0.3 is 5.97 Å². The SMILES string of the molecule is CCC(CCNS(=O)(=O)c1cnc(C)s1)CCC(=O)O. The van der Waals surface area contributed by atoms with Crippen molar-refractivity contribution in [2.45, 2.75) is 43.7 Å². The van der Waals surface area contributed by atoms with E-state index < -0.39 is 16.0 Å². The molecule has 0 spiro atoms. The van der Waals surface area contributed by atoms with Crippen molar-refractivity contribution in [1.29, 1.82) is 0 Å². The van der Waals surface area contributed by atoms with E-state index in [1.807, 2.05) is 6.92 Å². The van der Waals surface area contributed by atoms with Crippen LogP contribution in [0.15, 0.2) is 10.4 Å². The Kier molecular flexibility index (Phi) is 6.57. The van der Waals surface area contributed by atoms with Crippen LogP contribution in [-0.2, 0) is 14.8 Å². The molecule has 0 aliphatic carbocycles. The Morgan fingerprint density at radius 3 is 2.70 bits per heavy atom. The smallest absolute Gasteiger partial charge is 0.303 e. The Morgan fingerprint density at radius 1 is 1.50 bits per heavy atom. The van der Waals surface area contributed by atoms with E-state index in [-0.39, 0.29) is 16.5 Å². The number of sulfonamides is 1. The van der Waals surface area contributed by atoms with Crippen LogP contribution in [0.2, 0.25) is 0 Å². The molecule has 0 aliphatic rings. The lowest BCUT2D eigenvalue weighted by molar-refractivity contribution is -0.137. The van der Waals surface area contributed by atoms with Crippen LogP contribution in [0.5, 0.6) is 0 Å². The molecule has 0 bridgehead atoms. The molecular weight excluding hydrogens is 300 g/mol. The first-order valence-electron chi connectivity index (χ1n) is 6.49. The minimum absolute atomic E-state index is 0.124. The molecule has 0 saturated heterocycles. The first kappa shape index (κ1) is 17.1. The summed E-state index contributed by atoms with van der Waals surface area (Å²) in [5.41, 5.74) is 0. The molecule has 0 aliphatic heterocycles. The van der Waals surface area contributed by atoms with Crippen LogP contribution in [0, 0.1) is 12.8 Å². The van der Waals surface area contributed by atoms with Crippen LogP contribution in [0.4, 0.5) is 0 Å². The van der Waals surface area contributed by atoms with Crippen molar-refractivity contribution in [3.8, 4) is 0 Å². The molecule has 1 heterocycles. The highest BCUT2D eigenvalue weighted by Gasteiger charge is 2.17. The maximum absolute atomic E-state index is 11.9. The van der Waals surface area contributed by atoms with Crippen molar-refractivity contribution in [2.24, 2.45) is 5.92 Å². The highest BCUT2D eigenvalue weighted by atomic mass is 32.2. The maximum atomic E-state index is 11.9. The lowest BCUT2D eigenvalue weighted by Crippen LogP contribution is -2.25. The molecule has 0 fully saturated rings. The topological polar surface area (TPSA) is 96.4 Å². The Labute approximate surface area is 123 Å². The van der Waals surface area contributed by atoms with Gasteiger partial charge in [-0.1, -0.05) is 13.3 Å². The second-order valence-electron chi connectivity index (χ2n) is 4.59. The van der Waals surface area contributed by atoms with Gasteiger partial charge in [0.15, 0.2) is 4.21 Å². The van der Waals surface area contributed by atoms with E-state index >= 15 is 0 Å². The fourth-order valence-electron chi connectivity index (χ4n) is 1.81. The molecule has 8 heteroatoms. The summed E-state index contributed by atoms with van der Waals surface area (Å²) >= 11 is 1.13. The summed E-state index contributed by atoms with van der Waals surface area (Å²) in [6.45, 7) is 4.05. The zero-order chi connectivity index (χ0) is 15.2. The minimum atomic E-state index is -3.48. The number of carboxylic acid groups (broad SMARTS) is 1. The van der Waals surface area contributed by atoms with Gasteiger partial charge in [-0.3, -0.25) is 4.79 Å². The number of nitrogens with one attached hydrogen (secondary N) is 1. The third-order valence-corrected chi connectivity index (χ3v) is 5.89. The second kappa shape index (κ2) is 7.70. The van der Waals surface area contributed by atoms with E-state index in [4.69, 9.17) is 5.11 Å². The highest BCUT2D eigenvalue weighted by molar-refractivity contribution is 7.91. The number of hydrogen-bond acceptors (Lipinski definition) is 5. The molecule has 2 N–H and O–H groups in total. The Balaban J connectivity index is 2.44. The second-order valence-corrected chi connectivity index (χ2v) is 7.82. The fourth-order valence-corrected chi connectivity index (χ4v) is 4.01. The van der Waals surface area contributed by atoms with Gasteiger partial charge in [0.05, 0.1) is 11.2 Å². The number of thiazole rings is 1. The summed E-state index contributed by atoms with van der Waals surface area (Å²) in [5.74, 6) is -0.596. The van der Waals surface area contributed by atoms with Gasteiger partial charge in [0.25, 0.3) is 10.0 Å². The highest BCUT2D eigenvalue weighted by Crippen LogP contribution is 2.18. The van der Waals surface area contributed by atoms with Crippen LogP contribution in [0.25, 0.3) is 0 Å². The van der Waals surface area contributed by atoms with E-state index in [0.29, 0.717) is 24.4 Å². The normalized spacial score (nSPS) is 13.3. The van der Waals surface area contributed by atoms with Crippen molar-refractivity contribution in [3.63, 3.8) is 0 Å². The Hall–Kier alpha value is -0.990. The summed E-state index contributed by atoms with van der Waals surface area (Å²) in [6, 6.07) is 0. The van der Waals surface area contributed by atoms with E-state index in [1.165, 1.54) is 6.20 Å². The van der Waals surface area contributed by atoms with Crippen molar-refractivity contribution >= 4 is 27.3 Å². The molecule has 1 aromatic heterocycles. The lowest BCUT2D eigenvalue weighted by atomic mass is 9.97. The summed E-state index contributed by atoms with van der Waals surface area (Å²) in [5, 5.41) is 9.35. The molecule has 1 rings (SSSR count). The third-order valence-electron chi connectivity index (χ3n) is 3.05. The van der Waals surface area contributed by atoms with Crippen LogP contribution in [0.1, 0.15) is 37.6 Å². The predicted molar refractivity (Wildman–Crippen MR) is 77.3 cm³/mol. The Morgan fingerprint density at radius 2 is 2.20 bits per heavy atom. The summed E-state index contributed by atoms with van der Waals surface area (Å²) in [7, 11) is -3.48. The standard InChI is InChI=1S/C12H20N2O4S2/c1-3-10(4-5-11(15)16)6-7-14-20(17,18)12-8-13-9(2)19-12/h8,10,14H,3-7H2,1-2H3,(H,15,16). The van der Waals surface area contributed by atoms with Crippen LogP contribution < -0.4 is 4.72 Å².